The van der Waals surface area contributed by atoms with Crippen LogP contribution in [0.4, 0.5) is 10.1 Å². The van der Waals surface area contributed by atoms with E-state index in [4.69, 9.17) is 0 Å². The number of nitrogens with zero attached hydrogens (tertiary/aromatic N) is 1. The number of amides is 1. The van der Waals surface area contributed by atoms with Crippen LogP contribution in [0.15, 0.2) is 48.5 Å². The number of hydrogen-bond donors (Lipinski definition) is 2. The molecule has 0 saturated heterocycles. The van der Waals surface area contributed by atoms with Crippen LogP contribution < -0.4 is 5.32 Å². The quantitative estimate of drug-likeness (QED) is 0.765. The minimum atomic E-state index is -0.308. The number of H-pyrrole nitrogens is 1. The molecule has 0 aliphatic carbocycles. The van der Waals surface area contributed by atoms with Gasteiger partial charge in [-0.1, -0.05) is 6.07 Å². The molecule has 23 heavy (non-hydrogen) atoms. The number of rotatable bonds is 3. The number of aromatic amines is 1. The molecular formula is C18H16FN3O. The Morgan fingerprint density at radius 3 is 2.48 bits per heavy atom. The summed E-state index contributed by atoms with van der Waals surface area (Å²) in [6.07, 6.45) is 0. The molecule has 0 bridgehead atoms. The van der Waals surface area contributed by atoms with Crippen LogP contribution in [-0.4, -0.2) is 16.1 Å². The third-order valence-corrected chi connectivity index (χ3v) is 3.73. The maximum Gasteiger partial charge on any atom is 0.273 e. The largest absolute Gasteiger partial charge is 0.321 e. The smallest absolute Gasteiger partial charge is 0.273 e. The average Bonchev–Trinajstić information content (AvgIpc) is 3.02. The summed E-state index contributed by atoms with van der Waals surface area (Å²) in [7, 11) is 0. The second-order valence-electron chi connectivity index (χ2n) is 5.43. The molecule has 1 heterocycles. The normalized spacial score (nSPS) is 10.6. The van der Waals surface area contributed by atoms with Gasteiger partial charge in [-0.2, -0.15) is 5.10 Å². The van der Waals surface area contributed by atoms with Crippen LogP contribution in [0.25, 0.3) is 11.3 Å². The van der Waals surface area contributed by atoms with Crippen LogP contribution in [0.3, 0.4) is 0 Å². The van der Waals surface area contributed by atoms with E-state index in [0.717, 1.165) is 16.8 Å². The van der Waals surface area contributed by atoms with Gasteiger partial charge < -0.3 is 5.32 Å². The summed E-state index contributed by atoms with van der Waals surface area (Å²) < 4.78 is 12.9. The first-order chi connectivity index (χ1) is 11.0. The Bertz CT molecular complexity index is 853. The summed E-state index contributed by atoms with van der Waals surface area (Å²) in [6.45, 7) is 4.01. The molecule has 116 valence electrons. The number of aromatic nitrogens is 2. The maximum absolute atomic E-state index is 12.9. The van der Waals surface area contributed by atoms with Crippen molar-refractivity contribution in [2.45, 2.75) is 13.8 Å². The Morgan fingerprint density at radius 2 is 1.78 bits per heavy atom. The molecule has 2 aromatic carbocycles. The lowest BCUT2D eigenvalue weighted by Gasteiger charge is -2.06. The molecule has 3 aromatic rings. The van der Waals surface area contributed by atoms with Crippen molar-refractivity contribution in [1.82, 2.24) is 10.2 Å². The zero-order valence-corrected chi connectivity index (χ0v) is 12.9. The van der Waals surface area contributed by atoms with Crippen LogP contribution in [-0.2, 0) is 0 Å². The molecule has 0 atom stereocenters. The second kappa shape index (κ2) is 6.04. The minimum absolute atomic E-state index is 0.269. The fourth-order valence-electron chi connectivity index (χ4n) is 2.22. The second-order valence-corrected chi connectivity index (χ2v) is 5.43. The Morgan fingerprint density at radius 1 is 1.04 bits per heavy atom. The van der Waals surface area contributed by atoms with E-state index >= 15 is 0 Å². The number of anilines is 1. The molecule has 0 aliphatic rings. The first-order valence-corrected chi connectivity index (χ1v) is 7.23. The van der Waals surface area contributed by atoms with Crippen molar-refractivity contribution in [1.29, 1.82) is 0 Å². The number of benzene rings is 2. The third-order valence-electron chi connectivity index (χ3n) is 3.73. The van der Waals surface area contributed by atoms with E-state index in [0.29, 0.717) is 11.4 Å². The van der Waals surface area contributed by atoms with E-state index in [1.807, 2.05) is 32.0 Å². The zero-order chi connectivity index (χ0) is 16.4. The van der Waals surface area contributed by atoms with Gasteiger partial charge in [-0.25, -0.2) is 4.39 Å². The summed E-state index contributed by atoms with van der Waals surface area (Å²) in [6, 6.07) is 13.3. The third kappa shape index (κ3) is 3.29. The molecular weight excluding hydrogens is 293 g/mol. The maximum atomic E-state index is 12.9. The molecule has 2 N–H and O–H groups in total. The molecule has 0 radical (unpaired) electrons. The first-order valence-electron chi connectivity index (χ1n) is 7.23. The number of nitrogens with one attached hydrogen (secondary N) is 2. The van der Waals surface area contributed by atoms with Gasteiger partial charge in [0.05, 0.1) is 5.69 Å². The van der Waals surface area contributed by atoms with Crippen LogP contribution in [0.1, 0.15) is 21.6 Å². The molecule has 1 amide bonds. The highest BCUT2D eigenvalue weighted by atomic mass is 19.1. The van der Waals surface area contributed by atoms with E-state index < -0.39 is 0 Å². The Balaban J connectivity index is 1.78. The van der Waals surface area contributed by atoms with E-state index in [2.05, 4.69) is 15.5 Å². The van der Waals surface area contributed by atoms with E-state index in [1.165, 1.54) is 17.7 Å². The average molecular weight is 309 g/mol. The molecule has 0 unspecified atom stereocenters. The number of halogens is 1. The molecule has 0 fully saturated rings. The highest BCUT2D eigenvalue weighted by Gasteiger charge is 2.11. The van der Waals surface area contributed by atoms with Gasteiger partial charge in [0.25, 0.3) is 5.91 Å². The van der Waals surface area contributed by atoms with Gasteiger partial charge in [0.15, 0.2) is 0 Å². The van der Waals surface area contributed by atoms with E-state index in [9.17, 15) is 9.18 Å². The van der Waals surface area contributed by atoms with Crippen molar-refractivity contribution in [3.8, 4) is 11.3 Å². The van der Waals surface area contributed by atoms with Gasteiger partial charge >= 0.3 is 0 Å². The molecule has 0 saturated carbocycles. The van der Waals surface area contributed by atoms with Crippen LogP contribution >= 0.6 is 0 Å². The number of carbonyl (C=O) groups is 1. The topological polar surface area (TPSA) is 57.8 Å². The summed E-state index contributed by atoms with van der Waals surface area (Å²) in [5, 5.41) is 9.64. The number of aryl methyl sites for hydroxylation is 2. The zero-order valence-electron chi connectivity index (χ0n) is 12.9. The highest BCUT2D eigenvalue weighted by molar-refractivity contribution is 6.03. The Kier molecular flexibility index (Phi) is 3.93. The van der Waals surface area contributed by atoms with Crippen molar-refractivity contribution < 1.29 is 9.18 Å². The summed E-state index contributed by atoms with van der Waals surface area (Å²) in [5.74, 6) is -0.578. The highest BCUT2D eigenvalue weighted by Crippen LogP contribution is 2.19. The van der Waals surface area contributed by atoms with Crippen LogP contribution in [0, 0.1) is 19.7 Å². The monoisotopic (exact) mass is 309 g/mol. The van der Waals surface area contributed by atoms with Crippen molar-refractivity contribution >= 4 is 11.6 Å². The van der Waals surface area contributed by atoms with Crippen LogP contribution in [0.5, 0.6) is 0 Å². The molecule has 3 rings (SSSR count). The molecule has 1 aromatic heterocycles. The van der Waals surface area contributed by atoms with Crippen molar-refractivity contribution in [3.63, 3.8) is 0 Å². The Hall–Kier alpha value is -2.95. The predicted octanol–water partition coefficient (Wildman–Crippen LogP) is 4.08. The fraction of sp³-hybridized carbons (Fsp3) is 0.111. The fourth-order valence-corrected chi connectivity index (χ4v) is 2.22. The number of hydrogen-bond acceptors (Lipinski definition) is 2. The lowest BCUT2D eigenvalue weighted by molar-refractivity contribution is 0.102. The van der Waals surface area contributed by atoms with Gasteiger partial charge in [-0.15, -0.1) is 0 Å². The first kappa shape index (κ1) is 15.0. The summed E-state index contributed by atoms with van der Waals surface area (Å²) >= 11 is 0. The van der Waals surface area contributed by atoms with Crippen molar-refractivity contribution in [3.05, 3.63) is 71.2 Å². The molecule has 0 aliphatic heterocycles. The Labute approximate surface area is 133 Å². The minimum Gasteiger partial charge on any atom is -0.321 e. The predicted molar refractivity (Wildman–Crippen MR) is 87.9 cm³/mol. The van der Waals surface area contributed by atoms with E-state index in [-0.39, 0.29) is 11.7 Å². The number of carbonyl (C=O) groups excluding carboxylic acids is 1. The summed E-state index contributed by atoms with van der Waals surface area (Å²) in [5.41, 5.74) is 4.70. The van der Waals surface area contributed by atoms with Gasteiger partial charge in [0.2, 0.25) is 0 Å². The van der Waals surface area contributed by atoms with Gasteiger partial charge in [-0.05, 0) is 67.4 Å². The van der Waals surface area contributed by atoms with Gasteiger partial charge in [-0.3, -0.25) is 9.89 Å². The molecule has 4 nitrogen and oxygen atoms in total. The summed E-state index contributed by atoms with van der Waals surface area (Å²) in [4.78, 5) is 12.3. The van der Waals surface area contributed by atoms with Gasteiger partial charge in [0, 0.05) is 11.3 Å². The van der Waals surface area contributed by atoms with Crippen molar-refractivity contribution in [2.75, 3.05) is 5.32 Å². The lowest BCUT2D eigenvalue weighted by atomic mass is 10.1. The standard InChI is InChI=1S/C18H16FN3O/c1-11-3-8-15(9-12(11)2)20-18(23)17-10-16(21-22-17)13-4-6-14(19)7-5-13/h3-10H,1-2H3,(H,20,23)(H,21,22). The molecule has 5 heteroatoms. The van der Waals surface area contributed by atoms with Crippen LogP contribution in [0.2, 0.25) is 0 Å². The van der Waals surface area contributed by atoms with E-state index in [1.54, 1.807) is 18.2 Å². The SMILES string of the molecule is Cc1ccc(NC(=O)c2cc(-c3ccc(F)cc3)n[nH]2)cc1C. The molecule has 0 spiro atoms. The van der Waals surface area contributed by atoms with Gasteiger partial charge in [0.1, 0.15) is 11.5 Å². The van der Waals surface area contributed by atoms with Crippen molar-refractivity contribution in [2.24, 2.45) is 0 Å². The lowest BCUT2D eigenvalue weighted by Crippen LogP contribution is -2.12.